The van der Waals surface area contributed by atoms with Crippen molar-refractivity contribution in [1.29, 1.82) is 0 Å². The standard InChI is InChI=1S/C15H13BrN4O/c16-12-8-18-15-19-13(10-20(15)9-12)14(21)17-7-6-11-4-2-1-3-5-11/h1-5,8-10H,6-7H2,(H,17,21). The van der Waals surface area contributed by atoms with Crippen LogP contribution in [0.4, 0.5) is 0 Å². The summed E-state index contributed by atoms with van der Waals surface area (Å²) < 4.78 is 2.55. The SMILES string of the molecule is O=C(NCCc1ccccc1)c1cn2cc(Br)cnc2n1. The van der Waals surface area contributed by atoms with Gasteiger partial charge in [0.15, 0.2) is 0 Å². The second-order valence-electron chi connectivity index (χ2n) is 4.60. The fourth-order valence-corrected chi connectivity index (χ4v) is 2.35. The number of imidazole rings is 1. The van der Waals surface area contributed by atoms with Crippen LogP contribution in [0.15, 0.2) is 53.4 Å². The molecule has 0 aliphatic carbocycles. The van der Waals surface area contributed by atoms with E-state index in [0.717, 1.165) is 10.9 Å². The fourth-order valence-electron chi connectivity index (χ4n) is 2.02. The first-order chi connectivity index (χ1) is 10.2. The Morgan fingerprint density at radius 2 is 2.05 bits per heavy atom. The molecule has 0 saturated carbocycles. The zero-order valence-corrected chi connectivity index (χ0v) is 12.7. The molecular weight excluding hydrogens is 332 g/mol. The molecule has 0 spiro atoms. The van der Waals surface area contributed by atoms with Crippen LogP contribution in [-0.2, 0) is 6.42 Å². The van der Waals surface area contributed by atoms with Crippen molar-refractivity contribution in [2.45, 2.75) is 6.42 Å². The largest absolute Gasteiger partial charge is 0.350 e. The maximum Gasteiger partial charge on any atom is 0.271 e. The predicted octanol–water partition coefficient (Wildman–Crippen LogP) is 2.46. The molecule has 106 valence electrons. The third-order valence-electron chi connectivity index (χ3n) is 3.05. The number of nitrogens with one attached hydrogen (secondary N) is 1. The van der Waals surface area contributed by atoms with E-state index in [0.29, 0.717) is 18.0 Å². The molecule has 0 bridgehead atoms. The molecule has 2 aromatic heterocycles. The Bertz CT molecular complexity index is 770. The first-order valence-corrected chi connectivity index (χ1v) is 7.34. The number of rotatable bonds is 4. The number of fused-ring (bicyclic) bond motifs is 1. The lowest BCUT2D eigenvalue weighted by molar-refractivity contribution is 0.0949. The summed E-state index contributed by atoms with van der Waals surface area (Å²) in [5.74, 6) is 0.318. The van der Waals surface area contributed by atoms with Crippen molar-refractivity contribution in [3.05, 3.63) is 64.7 Å². The second kappa shape index (κ2) is 6.05. The molecule has 3 aromatic rings. The lowest BCUT2D eigenvalue weighted by Crippen LogP contribution is -2.25. The Hall–Kier alpha value is -2.21. The Morgan fingerprint density at radius 1 is 1.24 bits per heavy atom. The molecule has 2 heterocycles. The summed E-state index contributed by atoms with van der Waals surface area (Å²) in [6, 6.07) is 10.0. The smallest absolute Gasteiger partial charge is 0.271 e. The van der Waals surface area contributed by atoms with Gasteiger partial charge in [0.1, 0.15) is 5.69 Å². The molecule has 0 aliphatic heterocycles. The van der Waals surface area contributed by atoms with Crippen molar-refractivity contribution in [2.24, 2.45) is 0 Å². The molecule has 0 saturated heterocycles. The van der Waals surface area contributed by atoms with E-state index < -0.39 is 0 Å². The highest BCUT2D eigenvalue weighted by atomic mass is 79.9. The minimum atomic E-state index is -0.187. The van der Waals surface area contributed by atoms with Crippen molar-refractivity contribution in [2.75, 3.05) is 6.54 Å². The van der Waals surface area contributed by atoms with E-state index in [1.165, 1.54) is 5.56 Å². The first-order valence-electron chi connectivity index (χ1n) is 6.55. The zero-order valence-electron chi connectivity index (χ0n) is 11.2. The van der Waals surface area contributed by atoms with Crippen LogP contribution in [0.2, 0.25) is 0 Å². The quantitative estimate of drug-likeness (QED) is 0.790. The van der Waals surface area contributed by atoms with Gasteiger partial charge in [0.25, 0.3) is 5.91 Å². The van der Waals surface area contributed by atoms with E-state index in [9.17, 15) is 4.79 Å². The zero-order chi connectivity index (χ0) is 14.7. The van der Waals surface area contributed by atoms with Crippen molar-refractivity contribution < 1.29 is 4.79 Å². The van der Waals surface area contributed by atoms with Crippen LogP contribution >= 0.6 is 15.9 Å². The molecule has 1 N–H and O–H groups in total. The van der Waals surface area contributed by atoms with Gasteiger partial charge in [-0.2, -0.15) is 0 Å². The summed E-state index contributed by atoms with van der Waals surface area (Å²) in [4.78, 5) is 20.4. The summed E-state index contributed by atoms with van der Waals surface area (Å²) in [5.41, 5.74) is 1.56. The van der Waals surface area contributed by atoms with E-state index >= 15 is 0 Å². The van der Waals surface area contributed by atoms with Crippen molar-refractivity contribution >= 4 is 27.6 Å². The van der Waals surface area contributed by atoms with Crippen LogP contribution in [0, 0.1) is 0 Å². The second-order valence-corrected chi connectivity index (χ2v) is 5.51. The monoisotopic (exact) mass is 344 g/mol. The molecule has 0 radical (unpaired) electrons. The molecule has 1 aromatic carbocycles. The van der Waals surface area contributed by atoms with E-state index in [4.69, 9.17) is 0 Å². The molecule has 6 heteroatoms. The number of nitrogens with zero attached hydrogens (tertiary/aromatic N) is 3. The summed E-state index contributed by atoms with van der Waals surface area (Å²) in [6.45, 7) is 0.577. The number of aromatic nitrogens is 3. The number of benzene rings is 1. The van der Waals surface area contributed by atoms with Crippen LogP contribution in [0.25, 0.3) is 5.78 Å². The van der Waals surface area contributed by atoms with Gasteiger partial charge in [-0.15, -0.1) is 0 Å². The maximum absolute atomic E-state index is 12.1. The van der Waals surface area contributed by atoms with Gasteiger partial charge in [-0.3, -0.25) is 9.20 Å². The molecule has 1 amide bonds. The van der Waals surface area contributed by atoms with Crippen molar-refractivity contribution in [1.82, 2.24) is 19.7 Å². The summed E-state index contributed by atoms with van der Waals surface area (Å²) in [6.07, 6.45) is 5.93. The Kier molecular flexibility index (Phi) is 3.96. The van der Waals surface area contributed by atoms with Crippen molar-refractivity contribution in [3.8, 4) is 0 Å². The molecule has 0 unspecified atom stereocenters. The Labute approximate surface area is 130 Å². The normalized spacial score (nSPS) is 10.7. The number of hydrogen-bond donors (Lipinski definition) is 1. The maximum atomic E-state index is 12.1. The van der Waals surface area contributed by atoms with Crippen LogP contribution in [-0.4, -0.2) is 26.8 Å². The summed E-state index contributed by atoms with van der Waals surface area (Å²) >= 11 is 3.33. The Morgan fingerprint density at radius 3 is 2.86 bits per heavy atom. The summed E-state index contributed by atoms with van der Waals surface area (Å²) in [7, 11) is 0. The van der Waals surface area contributed by atoms with E-state index in [-0.39, 0.29) is 5.91 Å². The third kappa shape index (κ3) is 3.28. The van der Waals surface area contributed by atoms with Crippen LogP contribution in [0.3, 0.4) is 0 Å². The lowest BCUT2D eigenvalue weighted by atomic mass is 10.1. The van der Waals surface area contributed by atoms with E-state index in [1.807, 2.05) is 36.5 Å². The van der Waals surface area contributed by atoms with Gasteiger partial charge in [0, 0.05) is 25.1 Å². The number of amides is 1. The molecule has 21 heavy (non-hydrogen) atoms. The highest BCUT2D eigenvalue weighted by Crippen LogP contribution is 2.09. The molecular formula is C15H13BrN4O. The van der Waals surface area contributed by atoms with Crippen LogP contribution in [0.1, 0.15) is 16.1 Å². The summed E-state index contributed by atoms with van der Waals surface area (Å²) in [5, 5.41) is 2.87. The van der Waals surface area contributed by atoms with Gasteiger partial charge < -0.3 is 5.32 Å². The molecule has 3 rings (SSSR count). The van der Waals surface area contributed by atoms with Gasteiger partial charge in [-0.1, -0.05) is 30.3 Å². The number of hydrogen-bond acceptors (Lipinski definition) is 3. The van der Waals surface area contributed by atoms with Gasteiger partial charge in [0.05, 0.1) is 4.47 Å². The molecule has 0 atom stereocenters. The first kappa shape index (κ1) is 13.8. The predicted molar refractivity (Wildman–Crippen MR) is 83.2 cm³/mol. The molecule has 0 fully saturated rings. The van der Waals surface area contributed by atoms with Gasteiger partial charge in [0.2, 0.25) is 5.78 Å². The van der Waals surface area contributed by atoms with Crippen molar-refractivity contribution in [3.63, 3.8) is 0 Å². The van der Waals surface area contributed by atoms with E-state index in [2.05, 4.69) is 31.2 Å². The highest BCUT2D eigenvalue weighted by molar-refractivity contribution is 9.10. The topological polar surface area (TPSA) is 59.3 Å². The lowest BCUT2D eigenvalue weighted by Gasteiger charge is -2.03. The average Bonchev–Trinajstić information content (AvgIpc) is 2.91. The number of halogens is 1. The Balaban J connectivity index is 1.64. The third-order valence-corrected chi connectivity index (χ3v) is 3.46. The minimum Gasteiger partial charge on any atom is -0.350 e. The van der Waals surface area contributed by atoms with Gasteiger partial charge in [-0.25, -0.2) is 9.97 Å². The fraction of sp³-hybridized carbons (Fsp3) is 0.133. The van der Waals surface area contributed by atoms with Gasteiger partial charge >= 0.3 is 0 Å². The minimum absolute atomic E-state index is 0.187. The molecule has 5 nitrogen and oxygen atoms in total. The van der Waals surface area contributed by atoms with Crippen LogP contribution in [0.5, 0.6) is 0 Å². The van der Waals surface area contributed by atoms with Gasteiger partial charge in [-0.05, 0) is 27.9 Å². The van der Waals surface area contributed by atoms with Crippen LogP contribution < -0.4 is 5.32 Å². The van der Waals surface area contributed by atoms with E-state index in [1.54, 1.807) is 16.8 Å². The molecule has 0 aliphatic rings. The number of carbonyl (C=O) groups excluding carboxylic acids is 1. The highest BCUT2D eigenvalue weighted by Gasteiger charge is 2.10. The average molecular weight is 345 g/mol. The number of carbonyl (C=O) groups is 1.